The Labute approximate surface area is 182 Å². The van der Waals surface area contributed by atoms with Crippen molar-refractivity contribution in [3.05, 3.63) is 70.8 Å². The Kier molecular flexibility index (Phi) is 5.21. The highest BCUT2D eigenvalue weighted by Gasteiger charge is 2.25. The molecule has 0 bridgehead atoms. The summed E-state index contributed by atoms with van der Waals surface area (Å²) in [6.07, 6.45) is 0. The van der Waals surface area contributed by atoms with Crippen LogP contribution in [0.5, 0.6) is 0 Å². The number of aliphatic hydroxyl groups is 1. The molecule has 0 aliphatic carbocycles. The molecule has 4 aromatic rings. The first-order valence-corrected chi connectivity index (χ1v) is 9.81. The van der Waals surface area contributed by atoms with Crippen molar-refractivity contribution >= 4 is 22.6 Å². The van der Waals surface area contributed by atoms with Crippen molar-refractivity contribution in [3.8, 4) is 28.3 Å². The van der Waals surface area contributed by atoms with Gasteiger partial charge in [0.05, 0.1) is 17.7 Å². The number of nitriles is 1. The van der Waals surface area contributed by atoms with Gasteiger partial charge in [0.25, 0.3) is 0 Å². The molecule has 0 fully saturated rings. The van der Waals surface area contributed by atoms with E-state index in [-0.39, 0.29) is 39.3 Å². The van der Waals surface area contributed by atoms with Gasteiger partial charge in [-0.1, -0.05) is 53.2 Å². The van der Waals surface area contributed by atoms with E-state index in [1.807, 2.05) is 6.07 Å². The number of fused-ring (bicyclic) bond motifs is 1. The first-order chi connectivity index (χ1) is 14.7. The minimum atomic E-state index is -1.13. The smallest absolute Gasteiger partial charge is 0.152 e. The van der Waals surface area contributed by atoms with Crippen molar-refractivity contribution in [1.29, 1.82) is 5.26 Å². The Morgan fingerprint density at radius 1 is 1.10 bits per heavy atom. The number of hydrogen-bond acceptors (Lipinski definition) is 4. The molecule has 0 aliphatic rings. The van der Waals surface area contributed by atoms with Gasteiger partial charge >= 0.3 is 0 Å². The lowest BCUT2D eigenvalue weighted by Crippen LogP contribution is -2.26. The molecule has 0 unspecified atom stereocenters. The monoisotopic (exact) mass is 438 g/mol. The van der Waals surface area contributed by atoms with Gasteiger partial charge in [-0.05, 0) is 37.1 Å². The molecule has 3 aromatic carbocycles. The third-order valence-electron chi connectivity index (χ3n) is 4.83. The third kappa shape index (κ3) is 3.76. The van der Waals surface area contributed by atoms with E-state index in [9.17, 15) is 10.4 Å². The van der Waals surface area contributed by atoms with Gasteiger partial charge in [-0.25, -0.2) is 13.5 Å². The number of rotatable bonds is 4. The highest BCUT2D eigenvalue weighted by atomic mass is 35.5. The minimum Gasteiger partial charge on any atom is -0.389 e. The summed E-state index contributed by atoms with van der Waals surface area (Å²) in [6.45, 7) is 3.19. The Hall–Kier alpha value is -3.34. The van der Waals surface area contributed by atoms with Crippen LogP contribution in [0.2, 0.25) is 5.02 Å². The van der Waals surface area contributed by atoms with E-state index in [1.165, 1.54) is 16.8 Å². The molecule has 0 amide bonds. The van der Waals surface area contributed by atoms with Crippen LogP contribution in [0, 0.1) is 23.0 Å². The highest BCUT2D eigenvalue weighted by molar-refractivity contribution is 6.35. The maximum atomic E-state index is 15.5. The number of nitrogens with zero attached hydrogens (tertiary/aromatic N) is 4. The summed E-state index contributed by atoms with van der Waals surface area (Å²) in [4.78, 5) is 0. The third-order valence-corrected chi connectivity index (χ3v) is 5.18. The number of halogens is 3. The van der Waals surface area contributed by atoms with Crippen LogP contribution in [0.25, 0.3) is 33.3 Å². The van der Waals surface area contributed by atoms with E-state index in [1.54, 1.807) is 50.2 Å². The van der Waals surface area contributed by atoms with Crippen LogP contribution < -0.4 is 0 Å². The first-order valence-electron chi connectivity index (χ1n) is 9.43. The average Bonchev–Trinajstić information content (AvgIpc) is 3.12. The second-order valence-electron chi connectivity index (χ2n) is 7.81. The van der Waals surface area contributed by atoms with Gasteiger partial charge in [0, 0.05) is 11.1 Å². The molecule has 1 N–H and O–H groups in total. The van der Waals surface area contributed by atoms with Crippen LogP contribution >= 0.6 is 11.6 Å². The molecule has 1 heterocycles. The quantitative estimate of drug-likeness (QED) is 0.466. The molecular weight excluding hydrogens is 422 g/mol. The Balaban J connectivity index is 2.02. The van der Waals surface area contributed by atoms with E-state index in [0.29, 0.717) is 11.1 Å². The maximum absolute atomic E-state index is 15.5. The minimum absolute atomic E-state index is 0.0373. The first kappa shape index (κ1) is 20.9. The molecule has 0 aliphatic heterocycles. The van der Waals surface area contributed by atoms with E-state index in [4.69, 9.17) is 11.6 Å². The summed E-state index contributed by atoms with van der Waals surface area (Å²) < 4.78 is 32.2. The lowest BCUT2D eigenvalue weighted by Gasteiger charge is -2.18. The predicted molar refractivity (Wildman–Crippen MR) is 114 cm³/mol. The van der Waals surface area contributed by atoms with Crippen molar-refractivity contribution in [1.82, 2.24) is 15.0 Å². The molecule has 8 heteroatoms. The van der Waals surface area contributed by atoms with Crippen LogP contribution in [-0.4, -0.2) is 25.7 Å². The van der Waals surface area contributed by atoms with E-state index < -0.39 is 17.2 Å². The Morgan fingerprint density at radius 2 is 1.81 bits per heavy atom. The summed E-state index contributed by atoms with van der Waals surface area (Å²) >= 11 is 6.34. The predicted octanol–water partition coefficient (Wildman–Crippen LogP) is 5.34. The Bertz CT molecular complexity index is 1340. The molecule has 0 radical (unpaired) electrons. The summed E-state index contributed by atoms with van der Waals surface area (Å²) in [6, 6.07) is 15.0. The molecule has 1 aromatic heterocycles. The van der Waals surface area contributed by atoms with Gasteiger partial charge in [0.15, 0.2) is 5.82 Å². The molecule has 0 saturated carbocycles. The summed E-state index contributed by atoms with van der Waals surface area (Å²) in [7, 11) is 0. The zero-order valence-electron chi connectivity index (χ0n) is 16.7. The zero-order chi connectivity index (χ0) is 22.3. The van der Waals surface area contributed by atoms with Crippen LogP contribution in [0.15, 0.2) is 48.5 Å². The van der Waals surface area contributed by atoms with Crippen molar-refractivity contribution in [2.75, 3.05) is 0 Å². The fraction of sp³-hybridized carbons (Fsp3) is 0.174. The van der Waals surface area contributed by atoms with E-state index in [2.05, 4.69) is 10.3 Å². The lowest BCUT2D eigenvalue weighted by molar-refractivity contribution is 0.0585. The molecule has 31 heavy (non-hydrogen) atoms. The molecular formula is C23H17ClF2N4O. The van der Waals surface area contributed by atoms with Gasteiger partial charge < -0.3 is 5.11 Å². The van der Waals surface area contributed by atoms with Gasteiger partial charge in [0.2, 0.25) is 0 Å². The van der Waals surface area contributed by atoms with Crippen molar-refractivity contribution in [2.24, 2.45) is 0 Å². The van der Waals surface area contributed by atoms with Crippen molar-refractivity contribution in [2.45, 2.75) is 26.0 Å². The van der Waals surface area contributed by atoms with Crippen LogP contribution in [0.3, 0.4) is 0 Å². The zero-order valence-corrected chi connectivity index (χ0v) is 17.5. The number of hydrogen-bond donors (Lipinski definition) is 1. The molecule has 0 spiro atoms. The Morgan fingerprint density at radius 3 is 2.45 bits per heavy atom. The van der Waals surface area contributed by atoms with E-state index >= 15 is 8.78 Å². The van der Waals surface area contributed by atoms with Crippen molar-refractivity contribution in [3.63, 3.8) is 0 Å². The largest absolute Gasteiger partial charge is 0.389 e. The highest BCUT2D eigenvalue weighted by Crippen LogP contribution is 2.41. The SMILES string of the molecule is CC(C)(O)Cn1nnc2cc(-c3c(-c4ccccc4)ccc(C#N)c3F)c(F)c(Cl)c21. The van der Waals surface area contributed by atoms with Gasteiger partial charge in [-0.3, -0.25) is 0 Å². The summed E-state index contributed by atoms with van der Waals surface area (Å²) in [5.41, 5.74) is -0.0415. The molecule has 4 rings (SSSR count). The fourth-order valence-electron chi connectivity index (χ4n) is 3.51. The van der Waals surface area contributed by atoms with Crippen LogP contribution in [0.4, 0.5) is 8.78 Å². The molecule has 0 saturated heterocycles. The van der Waals surface area contributed by atoms with Crippen LogP contribution in [0.1, 0.15) is 19.4 Å². The van der Waals surface area contributed by atoms with E-state index in [0.717, 1.165) is 0 Å². The second-order valence-corrected chi connectivity index (χ2v) is 8.18. The molecule has 0 atom stereocenters. The standard InChI is InChI=1S/C23H17ClF2N4O/c1-23(2,31)12-30-22-17(28-29-30)10-16(21(26)19(22)24)18-15(13-6-4-3-5-7-13)9-8-14(11-27)20(18)25/h3-10,31H,12H2,1-2H3. The average molecular weight is 439 g/mol. The normalized spacial score (nSPS) is 11.6. The molecule has 156 valence electrons. The van der Waals surface area contributed by atoms with Gasteiger partial charge in [0.1, 0.15) is 27.9 Å². The van der Waals surface area contributed by atoms with Crippen LogP contribution in [-0.2, 0) is 6.54 Å². The second kappa shape index (κ2) is 7.73. The molecule has 5 nitrogen and oxygen atoms in total. The fourth-order valence-corrected chi connectivity index (χ4v) is 3.81. The van der Waals surface area contributed by atoms with Gasteiger partial charge in [-0.15, -0.1) is 5.10 Å². The topological polar surface area (TPSA) is 74.7 Å². The van der Waals surface area contributed by atoms with Gasteiger partial charge in [-0.2, -0.15) is 5.26 Å². The summed E-state index contributed by atoms with van der Waals surface area (Å²) in [5.74, 6) is -1.71. The lowest BCUT2D eigenvalue weighted by atomic mass is 9.91. The van der Waals surface area contributed by atoms with Crippen molar-refractivity contribution < 1.29 is 13.9 Å². The number of benzene rings is 3. The summed E-state index contributed by atoms with van der Waals surface area (Å²) in [5, 5.41) is 27.1. The maximum Gasteiger partial charge on any atom is 0.152 e. The number of aromatic nitrogens is 3.